The quantitative estimate of drug-likeness (QED) is 0.485. The van der Waals surface area contributed by atoms with E-state index in [4.69, 9.17) is 0 Å². The molecule has 0 saturated carbocycles. The summed E-state index contributed by atoms with van der Waals surface area (Å²) in [5, 5.41) is 10.7. The van der Waals surface area contributed by atoms with Crippen LogP contribution in [-0.2, 0) is 19.5 Å². The van der Waals surface area contributed by atoms with Crippen LogP contribution in [0.3, 0.4) is 0 Å². The van der Waals surface area contributed by atoms with Crippen molar-refractivity contribution < 1.29 is 4.79 Å². The Balaban J connectivity index is 1.52. The highest BCUT2D eigenvalue weighted by molar-refractivity contribution is 6.07. The van der Waals surface area contributed by atoms with Crippen LogP contribution in [0, 0.1) is 0 Å². The first-order valence-electron chi connectivity index (χ1n) is 10.9. The molecule has 0 bridgehead atoms. The molecule has 2 heterocycles. The first-order valence-corrected chi connectivity index (χ1v) is 10.9. The van der Waals surface area contributed by atoms with E-state index in [1.807, 2.05) is 52.2 Å². The molecule has 0 radical (unpaired) electrons. The summed E-state index contributed by atoms with van der Waals surface area (Å²) in [5.41, 5.74) is 4.25. The number of carbonyl (C=O) groups excluding carboxylic acids is 1. The van der Waals surface area contributed by atoms with Gasteiger partial charge < -0.3 is 4.90 Å². The Hall–Kier alpha value is -3.47. The number of aromatic nitrogens is 3. The number of hydrogen-bond acceptors (Lipinski definition) is 3. The molecule has 0 N–H and O–H groups in total. The van der Waals surface area contributed by atoms with E-state index in [1.54, 1.807) is 0 Å². The molecule has 1 aliphatic rings. The first kappa shape index (κ1) is 19.5. The molecule has 0 aliphatic carbocycles. The Morgan fingerprint density at radius 3 is 2.55 bits per heavy atom. The maximum Gasteiger partial charge on any atom is 0.255 e. The number of rotatable bonds is 4. The third-order valence-corrected chi connectivity index (χ3v) is 6.18. The molecule has 3 aromatic carbocycles. The van der Waals surface area contributed by atoms with Crippen LogP contribution in [0.1, 0.15) is 46.9 Å². The fourth-order valence-corrected chi connectivity index (χ4v) is 4.44. The van der Waals surface area contributed by atoms with Gasteiger partial charge in [0.15, 0.2) is 0 Å². The van der Waals surface area contributed by atoms with Gasteiger partial charge in [-0.2, -0.15) is 0 Å². The van der Waals surface area contributed by atoms with E-state index in [-0.39, 0.29) is 11.9 Å². The lowest BCUT2D eigenvalue weighted by Gasteiger charge is -2.37. The molecule has 0 saturated heterocycles. The minimum absolute atomic E-state index is 0.0167. The molecule has 5 rings (SSSR count). The lowest BCUT2D eigenvalue weighted by molar-refractivity contribution is 0.0615. The summed E-state index contributed by atoms with van der Waals surface area (Å²) in [5.74, 6) is 0.398. The Morgan fingerprint density at radius 2 is 1.74 bits per heavy atom. The highest BCUT2D eigenvalue weighted by Gasteiger charge is 2.31. The Bertz CT molecular complexity index is 1240. The molecule has 1 amide bonds. The van der Waals surface area contributed by atoms with E-state index in [2.05, 4.69) is 54.5 Å². The molecule has 1 aromatic heterocycles. The molecule has 4 aromatic rings. The normalized spacial score (nSPS) is 16.0. The van der Waals surface area contributed by atoms with Gasteiger partial charge in [0.05, 0.1) is 18.3 Å². The van der Waals surface area contributed by atoms with Crippen LogP contribution in [0.4, 0.5) is 0 Å². The summed E-state index contributed by atoms with van der Waals surface area (Å²) in [6.45, 7) is 5.46. The fourth-order valence-electron chi connectivity index (χ4n) is 4.44. The van der Waals surface area contributed by atoms with Crippen molar-refractivity contribution in [2.75, 3.05) is 0 Å². The summed E-state index contributed by atoms with van der Waals surface area (Å²) in [6.07, 6.45) is 2.81. The minimum atomic E-state index is 0.0167. The van der Waals surface area contributed by atoms with Gasteiger partial charge in [-0.05, 0) is 40.3 Å². The zero-order valence-corrected chi connectivity index (χ0v) is 17.9. The minimum Gasteiger partial charge on any atom is -0.329 e. The number of carbonyl (C=O) groups is 1. The average molecular weight is 411 g/mol. The van der Waals surface area contributed by atoms with Gasteiger partial charge in [-0.15, -0.1) is 5.10 Å². The number of benzene rings is 3. The third-order valence-electron chi connectivity index (χ3n) is 6.18. The lowest BCUT2D eigenvalue weighted by atomic mass is 9.92. The zero-order valence-electron chi connectivity index (χ0n) is 17.9. The van der Waals surface area contributed by atoms with Crippen molar-refractivity contribution in [2.24, 2.45) is 0 Å². The standard InChI is InChI=1S/C26H26N4O/c1-18(2)25-17-29(28-27-25)16-22-14-20-9-3-4-10-21(20)15-30(22)26(31)24-13-7-11-19-8-5-6-12-23(19)24/h3-13,17-18,22H,14-16H2,1-2H3/t22-/m0/s1. The van der Waals surface area contributed by atoms with Gasteiger partial charge in [-0.25, -0.2) is 0 Å². The summed E-state index contributed by atoms with van der Waals surface area (Å²) in [6, 6.07) is 22.5. The molecule has 0 spiro atoms. The third kappa shape index (κ3) is 3.72. The van der Waals surface area contributed by atoms with Gasteiger partial charge in [0.25, 0.3) is 5.91 Å². The smallest absolute Gasteiger partial charge is 0.255 e. The van der Waals surface area contributed by atoms with Gasteiger partial charge in [0.2, 0.25) is 0 Å². The Morgan fingerprint density at radius 1 is 1.00 bits per heavy atom. The number of fused-ring (bicyclic) bond motifs is 2. The summed E-state index contributed by atoms with van der Waals surface area (Å²) < 4.78 is 1.89. The molecule has 156 valence electrons. The molecule has 5 nitrogen and oxygen atoms in total. The second kappa shape index (κ2) is 7.99. The predicted molar refractivity (Wildman–Crippen MR) is 122 cm³/mol. The van der Waals surface area contributed by atoms with Crippen LogP contribution in [-0.4, -0.2) is 31.8 Å². The van der Waals surface area contributed by atoms with E-state index in [9.17, 15) is 4.79 Å². The summed E-state index contributed by atoms with van der Waals surface area (Å²) >= 11 is 0. The zero-order chi connectivity index (χ0) is 21.4. The van der Waals surface area contributed by atoms with E-state index in [0.717, 1.165) is 28.5 Å². The first-order chi connectivity index (χ1) is 15.1. The van der Waals surface area contributed by atoms with Crippen molar-refractivity contribution in [1.82, 2.24) is 19.9 Å². The summed E-state index contributed by atoms with van der Waals surface area (Å²) in [4.78, 5) is 15.8. The van der Waals surface area contributed by atoms with Crippen LogP contribution >= 0.6 is 0 Å². The van der Waals surface area contributed by atoms with Crippen molar-refractivity contribution in [2.45, 2.75) is 45.3 Å². The van der Waals surface area contributed by atoms with Crippen LogP contribution < -0.4 is 0 Å². The fraction of sp³-hybridized carbons (Fsp3) is 0.269. The van der Waals surface area contributed by atoms with Gasteiger partial charge in [0.1, 0.15) is 0 Å². The van der Waals surface area contributed by atoms with Crippen molar-refractivity contribution in [3.8, 4) is 0 Å². The van der Waals surface area contributed by atoms with Crippen molar-refractivity contribution in [3.63, 3.8) is 0 Å². The van der Waals surface area contributed by atoms with Crippen LogP contribution in [0.5, 0.6) is 0 Å². The maximum absolute atomic E-state index is 13.8. The monoisotopic (exact) mass is 410 g/mol. The Labute approximate surface area is 182 Å². The molecule has 1 aliphatic heterocycles. The van der Waals surface area contributed by atoms with Crippen LogP contribution in [0.2, 0.25) is 0 Å². The van der Waals surface area contributed by atoms with Crippen molar-refractivity contribution in [3.05, 3.63) is 95.3 Å². The molecular formula is C26H26N4O. The van der Waals surface area contributed by atoms with E-state index in [0.29, 0.717) is 19.0 Å². The molecule has 0 unspecified atom stereocenters. The average Bonchev–Trinajstić information content (AvgIpc) is 3.27. The second-order valence-corrected chi connectivity index (χ2v) is 8.61. The topological polar surface area (TPSA) is 51.0 Å². The van der Waals surface area contributed by atoms with Gasteiger partial charge in [0, 0.05) is 18.3 Å². The lowest BCUT2D eigenvalue weighted by Crippen LogP contribution is -2.46. The van der Waals surface area contributed by atoms with Gasteiger partial charge >= 0.3 is 0 Å². The largest absolute Gasteiger partial charge is 0.329 e. The maximum atomic E-state index is 13.8. The molecular weight excluding hydrogens is 384 g/mol. The SMILES string of the molecule is CC(C)c1cn(C[C@@H]2Cc3ccccc3CN2C(=O)c2cccc3ccccc23)nn1. The van der Waals surface area contributed by atoms with Gasteiger partial charge in [-0.3, -0.25) is 9.48 Å². The van der Waals surface area contributed by atoms with Crippen LogP contribution in [0.15, 0.2) is 72.9 Å². The van der Waals surface area contributed by atoms with Crippen molar-refractivity contribution in [1.29, 1.82) is 0 Å². The highest BCUT2D eigenvalue weighted by atomic mass is 16.2. The number of hydrogen-bond donors (Lipinski definition) is 0. The number of amides is 1. The van der Waals surface area contributed by atoms with Crippen LogP contribution in [0.25, 0.3) is 10.8 Å². The van der Waals surface area contributed by atoms with Gasteiger partial charge in [-0.1, -0.05) is 79.7 Å². The molecule has 0 fully saturated rings. The molecule has 5 heteroatoms. The second-order valence-electron chi connectivity index (χ2n) is 8.61. The van der Waals surface area contributed by atoms with Crippen molar-refractivity contribution >= 4 is 16.7 Å². The van der Waals surface area contributed by atoms with E-state index < -0.39 is 0 Å². The van der Waals surface area contributed by atoms with E-state index in [1.165, 1.54) is 11.1 Å². The van der Waals surface area contributed by atoms with E-state index >= 15 is 0 Å². The Kier molecular flexibility index (Phi) is 5.02. The highest BCUT2D eigenvalue weighted by Crippen LogP contribution is 2.28. The number of nitrogens with zero attached hydrogens (tertiary/aromatic N) is 4. The summed E-state index contributed by atoms with van der Waals surface area (Å²) in [7, 11) is 0. The molecule has 1 atom stereocenters. The predicted octanol–water partition coefficient (Wildman–Crippen LogP) is 4.82. The molecule has 31 heavy (non-hydrogen) atoms.